The quantitative estimate of drug-likeness (QED) is 0.652. The summed E-state index contributed by atoms with van der Waals surface area (Å²) in [7, 11) is 0. The first-order chi connectivity index (χ1) is 8.38. The third kappa shape index (κ3) is 1.57. The van der Waals surface area contributed by atoms with Crippen LogP contribution in [0.4, 0.5) is 11.4 Å². The number of hydrogen-bond donors (Lipinski definition) is 0. The van der Waals surface area contributed by atoms with Gasteiger partial charge in [0.2, 0.25) is 0 Å². The molecule has 0 saturated carbocycles. The molecule has 1 aromatic carbocycles. The molecule has 3 nitrogen and oxygen atoms in total. The van der Waals surface area contributed by atoms with Crippen LogP contribution in [0.25, 0.3) is 0 Å². The van der Waals surface area contributed by atoms with Crippen molar-refractivity contribution in [1.82, 2.24) is 0 Å². The van der Waals surface area contributed by atoms with E-state index < -0.39 is 0 Å². The molecule has 0 radical (unpaired) electrons. The minimum atomic E-state index is 0. The minimum absolute atomic E-state index is 0. The number of ether oxygens (including phenoxy) is 1. The first-order valence-electron chi connectivity index (χ1n) is 6.35. The normalized spacial score (nSPS) is 19.6. The topological polar surface area (TPSA) is 15.7 Å². The van der Waals surface area contributed by atoms with Crippen LogP contribution < -0.4 is 9.80 Å². The summed E-state index contributed by atoms with van der Waals surface area (Å²) < 4.78 is 5.75. The van der Waals surface area contributed by atoms with Gasteiger partial charge in [-0.15, -0.1) is 11.1 Å². The van der Waals surface area contributed by atoms with Gasteiger partial charge in [0.1, 0.15) is 13.5 Å². The van der Waals surface area contributed by atoms with Crippen molar-refractivity contribution in [2.75, 3.05) is 36.4 Å². The molecule has 0 fully saturated rings. The molecule has 0 atom stereocenters. The van der Waals surface area contributed by atoms with Crippen molar-refractivity contribution in [3.8, 4) is 0 Å². The fraction of sp³-hybridized carbons (Fsp3) is 0.500. The van der Waals surface area contributed by atoms with E-state index in [0.717, 1.165) is 45.8 Å². The zero-order chi connectivity index (χ0) is 11.4. The molecular weight excluding hydrogens is 396 g/mol. The second-order valence-electron chi connectivity index (χ2n) is 5.00. The number of nitrogens with zero attached hydrogens (tertiary/aromatic N) is 2. The van der Waals surface area contributed by atoms with Gasteiger partial charge in [-0.05, 0) is 17.8 Å². The second-order valence-corrected chi connectivity index (χ2v) is 5.00. The van der Waals surface area contributed by atoms with E-state index in [-0.39, 0.29) is 21.1 Å². The van der Waals surface area contributed by atoms with Gasteiger partial charge >= 0.3 is 21.1 Å². The number of hydrogen-bond acceptors (Lipinski definition) is 3. The van der Waals surface area contributed by atoms with E-state index in [9.17, 15) is 0 Å². The molecular formula is C14H16N2OW. The Morgan fingerprint density at radius 3 is 2.61 bits per heavy atom. The Balaban J connectivity index is 0.000001000. The fourth-order valence-electron chi connectivity index (χ4n) is 3.33. The molecule has 0 saturated heterocycles. The van der Waals surface area contributed by atoms with Gasteiger partial charge in [0.05, 0.1) is 0 Å². The van der Waals surface area contributed by atoms with Crippen molar-refractivity contribution < 1.29 is 25.8 Å². The van der Waals surface area contributed by atoms with Crippen LogP contribution in [0.3, 0.4) is 0 Å². The predicted molar refractivity (Wildman–Crippen MR) is 67.3 cm³/mol. The fourth-order valence-corrected chi connectivity index (χ4v) is 3.33. The summed E-state index contributed by atoms with van der Waals surface area (Å²) in [5.74, 6) is 0. The molecule has 18 heavy (non-hydrogen) atoms. The standard InChI is InChI=1S/C14H16N2O.W/c1-2-10-7-11-3-5-15-8-17-9-16-6-4-12(10)14(16)13(11)15;/h1-6,8-9H2;/q-2;+2. The van der Waals surface area contributed by atoms with Crippen molar-refractivity contribution in [2.45, 2.75) is 19.3 Å². The van der Waals surface area contributed by atoms with Crippen molar-refractivity contribution in [3.63, 3.8) is 0 Å². The molecule has 3 aliphatic rings. The third-order valence-corrected chi connectivity index (χ3v) is 4.10. The van der Waals surface area contributed by atoms with Gasteiger partial charge in [0.15, 0.2) is 0 Å². The molecule has 0 aromatic heterocycles. The summed E-state index contributed by atoms with van der Waals surface area (Å²) in [6.07, 6.45) is 3.08. The van der Waals surface area contributed by atoms with Gasteiger partial charge < -0.3 is 21.5 Å². The van der Waals surface area contributed by atoms with Crippen LogP contribution >= 0.6 is 0 Å². The van der Waals surface area contributed by atoms with E-state index in [1.165, 1.54) is 28.1 Å². The van der Waals surface area contributed by atoms with E-state index in [1.807, 2.05) is 0 Å². The van der Waals surface area contributed by atoms with Crippen LogP contribution in [0.5, 0.6) is 0 Å². The number of anilines is 2. The van der Waals surface area contributed by atoms with Gasteiger partial charge in [-0.2, -0.15) is 18.1 Å². The molecule has 0 N–H and O–H groups in total. The monoisotopic (exact) mass is 412 g/mol. The van der Waals surface area contributed by atoms with Crippen LogP contribution in [-0.4, -0.2) is 26.6 Å². The van der Waals surface area contributed by atoms with Gasteiger partial charge in [-0.25, -0.2) is 0 Å². The summed E-state index contributed by atoms with van der Waals surface area (Å²) in [4.78, 5) is 4.75. The molecule has 3 heterocycles. The number of rotatable bonds is 1. The second kappa shape index (κ2) is 4.54. The van der Waals surface area contributed by atoms with Gasteiger partial charge in [-0.3, -0.25) is 0 Å². The van der Waals surface area contributed by atoms with Crippen LogP contribution in [0.1, 0.15) is 16.7 Å². The van der Waals surface area contributed by atoms with Gasteiger partial charge in [-0.1, -0.05) is 6.42 Å². The molecule has 0 aliphatic carbocycles. The summed E-state index contributed by atoms with van der Waals surface area (Å²) in [5.41, 5.74) is 6.99. The molecule has 3 aliphatic heterocycles. The maximum Gasteiger partial charge on any atom is 2.00 e. The third-order valence-electron chi connectivity index (χ3n) is 4.10. The predicted octanol–water partition coefficient (Wildman–Crippen LogP) is 1.53. The average Bonchev–Trinajstić information content (AvgIpc) is 2.88. The Labute approximate surface area is 122 Å². The average molecular weight is 412 g/mol. The summed E-state index contributed by atoms with van der Waals surface area (Å²) in [6, 6.07) is 3.60. The molecule has 0 amide bonds. The van der Waals surface area contributed by atoms with Gasteiger partial charge in [0, 0.05) is 13.1 Å². The van der Waals surface area contributed by atoms with Crippen molar-refractivity contribution >= 4 is 11.4 Å². The smallest absolute Gasteiger partial charge is 0.400 e. The Morgan fingerprint density at radius 2 is 1.83 bits per heavy atom. The van der Waals surface area contributed by atoms with Gasteiger partial charge in [0.25, 0.3) is 0 Å². The van der Waals surface area contributed by atoms with Crippen LogP contribution in [0, 0.1) is 13.0 Å². The Morgan fingerprint density at radius 1 is 1.11 bits per heavy atom. The molecule has 1 aromatic rings. The SMILES string of the molecule is [CH2-]Cc1[c-]c2c3c4c1CCN4COCN3CC2.[W+2]. The molecule has 0 bridgehead atoms. The first-order valence-corrected chi connectivity index (χ1v) is 6.35. The van der Waals surface area contributed by atoms with E-state index in [1.54, 1.807) is 0 Å². The van der Waals surface area contributed by atoms with E-state index in [0.29, 0.717) is 0 Å². The molecule has 0 unspecified atom stereocenters. The Bertz CT molecular complexity index is 489. The summed E-state index contributed by atoms with van der Waals surface area (Å²) in [6.45, 7) is 7.67. The van der Waals surface area contributed by atoms with Crippen molar-refractivity contribution in [1.29, 1.82) is 0 Å². The van der Waals surface area contributed by atoms with E-state index in [4.69, 9.17) is 4.74 Å². The molecule has 4 rings (SSSR count). The molecule has 4 heteroatoms. The van der Waals surface area contributed by atoms with E-state index in [2.05, 4.69) is 22.8 Å². The zero-order valence-electron chi connectivity index (χ0n) is 10.4. The summed E-state index contributed by atoms with van der Waals surface area (Å²) >= 11 is 0. The van der Waals surface area contributed by atoms with Crippen LogP contribution in [-0.2, 0) is 45.1 Å². The Hall–Kier alpha value is -0.532. The zero-order valence-corrected chi connectivity index (χ0v) is 13.3. The summed E-state index contributed by atoms with van der Waals surface area (Å²) in [5, 5.41) is 0. The van der Waals surface area contributed by atoms with Crippen LogP contribution in [0.15, 0.2) is 0 Å². The largest absolute Gasteiger partial charge is 2.00 e. The molecule has 0 spiro atoms. The first kappa shape index (κ1) is 12.5. The van der Waals surface area contributed by atoms with Crippen LogP contribution in [0.2, 0.25) is 0 Å². The van der Waals surface area contributed by atoms with E-state index >= 15 is 0 Å². The Kier molecular flexibility index (Phi) is 3.15. The molecule has 94 valence electrons. The van der Waals surface area contributed by atoms with Crippen molar-refractivity contribution in [2.24, 2.45) is 0 Å². The minimum Gasteiger partial charge on any atom is -0.400 e. The van der Waals surface area contributed by atoms with Crippen molar-refractivity contribution in [3.05, 3.63) is 29.7 Å². The maximum atomic E-state index is 5.75. The number of benzene rings is 1. The maximum absolute atomic E-state index is 5.75.